The van der Waals surface area contributed by atoms with Gasteiger partial charge in [-0.2, -0.15) is 0 Å². The number of carbonyl (C=O) groups is 1. The molecule has 5 heteroatoms. The van der Waals surface area contributed by atoms with E-state index < -0.39 is 0 Å². The average molecular weight is 414 g/mol. The molecule has 3 aliphatic heterocycles. The molecule has 5 rings (SSSR count). The van der Waals surface area contributed by atoms with Crippen molar-refractivity contribution < 1.29 is 4.79 Å². The summed E-state index contributed by atoms with van der Waals surface area (Å²) in [5.74, 6) is 0.169. The zero-order valence-corrected chi connectivity index (χ0v) is 16.6. The highest BCUT2D eigenvalue weighted by Crippen LogP contribution is 2.41. The van der Waals surface area contributed by atoms with Gasteiger partial charge in [-0.3, -0.25) is 4.79 Å². The number of nitrogens with zero attached hydrogens (tertiary/aromatic N) is 2. The topological polar surface area (TPSA) is 49.6 Å². The number of benzene rings is 2. The van der Waals surface area contributed by atoms with Crippen molar-refractivity contribution >= 4 is 38.3 Å². The minimum Gasteiger partial charge on any atom is -0.397 e. The van der Waals surface area contributed by atoms with Gasteiger partial charge in [0.25, 0.3) is 5.91 Å². The van der Waals surface area contributed by atoms with Gasteiger partial charge in [-0.25, -0.2) is 0 Å². The lowest BCUT2D eigenvalue weighted by molar-refractivity contribution is 0.00749. The Labute approximate surface area is 162 Å². The van der Waals surface area contributed by atoms with Crippen LogP contribution < -0.4 is 5.73 Å². The van der Waals surface area contributed by atoms with E-state index in [0.717, 1.165) is 39.3 Å². The van der Waals surface area contributed by atoms with Crippen molar-refractivity contribution in [3.05, 3.63) is 39.9 Å². The van der Waals surface area contributed by atoms with E-state index in [1.165, 1.54) is 24.8 Å². The van der Waals surface area contributed by atoms with Crippen LogP contribution in [-0.4, -0.2) is 40.9 Å². The van der Waals surface area contributed by atoms with Gasteiger partial charge in [0.15, 0.2) is 0 Å². The molecule has 2 bridgehead atoms. The summed E-state index contributed by atoms with van der Waals surface area (Å²) in [5, 5.41) is 2.03. The number of carbonyl (C=O) groups excluding carboxylic acids is 1. The molecule has 0 aromatic heterocycles. The Balaban J connectivity index is 1.56. The number of hydrogen-bond donors (Lipinski definition) is 1. The Bertz CT molecular complexity index is 898. The van der Waals surface area contributed by atoms with Gasteiger partial charge < -0.3 is 15.5 Å². The third kappa shape index (κ3) is 2.33. The summed E-state index contributed by atoms with van der Waals surface area (Å²) in [6, 6.07) is 9.73. The number of piperidine rings is 2. The van der Waals surface area contributed by atoms with E-state index in [-0.39, 0.29) is 5.91 Å². The molecule has 1 amide bonds. The molecule has 0 saturated carbocycles. The van der Waals surface area contributed by atoms with E-state index in [2.05, 4.69) is 44.9 Å². The fourth-order valence-electron chi connectivity index (χ4n) is 5.39. The molecule has 3 atom stereocenters. The van der Waals surface area contributed by atoms with Crippen LogP contribution in [0.5, 0.6) is 0 Å². The van der Waals surface area contributed by atoms with Crippen LogP contribution in [0.2, 0.25) is 0 Å². The van der Waals surface area contributed by atoms with Crippen molar-refractivity contribution in [2.45, 2.75) is 56.8 Å². The van der Waals surface area contributed by atoms with Crippen molar-refractivity contribution in [2.75, 3.05) is 12.8 Å². The number of nitrogen functional groups attached to an aromatic ring is 1. The van der Waals surface area contributed by atoms with Crippen LogP contribution in [0.3, 0.4) is 0 Å². The smallest absolute Gasteiger partial charge is 0.255 e. The fraction of sp³-hybridized carbons (Fsp3) is 0.476. The van der Waals surface area contributed by atoms with Crippen molar-refractivity contribution in [3.63, 3.8) is 0 Å². The van der Waals surface area contributed by atoms with Crippen LogP contribution in [0.15, 0.2) is 28.7 Å². The number of amides is 1. The van der Waals surface area contributed by atoms with E-state index >= 15 is 0 Å². The Morgan fingerprint density at radius 3 is 2.62 bits per heavy atom. The summed E-state index contributed by atoms with van der Waals surface area (Å²) in [7, 11) is 2.26. The minimum atomic E-state index is 0.169. The second-order valence-electron chi connectivity index (χ2n) is 8.12. The number of fused-ring (bicyclic) bond motifs is 2. The molecule has 2 N–H and O–H groups in total. The van der Waals surface area contributed by atoms with Gasteiger partial charge >= 0.3 is 0 Å². The lowest BCUT2D eigenvalue weighted by Gasteiger charge is -2.50. The fourth-order valence-corrected chi connectivity index (χ4v) is 5.84. The van der Waals surface area contributed by atoms with Crippen LogP contribution in [-0.2, 0) is 6.54 Å². The maximum Gasteiger partial charge on any atom is 0.255 e. The lowest BCUT2D eigenvalue weighted by atomic mass is 9.80. The van der Waals surface area contributed by atoms with Gasteiger partial charge in [0.2, 0.25) is 0 Å². The largest absolute Gasteiger partial charge is 0.397 e. The van der Waals surface area contributed by atoms with Gasteiger partial charge in [0, 0.05) is 45.5 Å². The Morgan fingerprint density at radius 1 is 1.15 bits per heavy atom. The molecule has 3 heterocycles. The van der Waals surface area contributed by atoms with Gasteiger partial charge in [0.05, 0.1) is 5.69 Å². The molecule has 0 radical (unpaired) electrons. The summed E-state index contributed by atoms with van der Waals surface area (Å²) in [4.78, 5) is 18.1. The Kier molecular flexibility index (Phi) is 3.80. The first-order valence-corrected chi connectivity index (χ1v) is 10.4. The number of hydrogen-bond acceptors (Lipinski definition) is 3. The maximum absolute atomic E-state index is 13.4. The van der Waals surface area contributed by atoms with Crippen LogP contribution in [0, 0.1) is 0 Å². The first kappa shape index (κ1) is 16.6. The highest BCUT2D eigenvalue weighted by molar-refractivity contribution is 9.10. The number of halogens is 1. The summed E-state index contributed by atoms with van der Waals surface area (Å²) < 4.78 is 0.813. The van der Waals surface area contributed by atoms with Gasteiger partial charge in [0.1, 0.15) is 0 Å². The van der Waals surface area contributed by atoms with E-state index in [0.29, 0.717) is 24.7 Å². The first-order valence-electron chi connectivity index (χ1n) is 9.57. The molecule has 136 valence electrons. The summed E-state index contributed by atoms with van der Waals surface area (Å²) in [6.07, 6.45) is 6.05. The predicted octanol–water partition coefficient (Wildman–Crippen LogP) is 4.16. The van der Waals surface area contributed by atoms with E-state index in [4.69, 9.17) is 5.73 Å². The zero-order valence-electron chi connectivity index (χ0n) is 15.0. The van der Waals surface area contributed by atoms with Crippen molar-refractivity contribution in [2.24, 2.45) is 0 Å². The number of anilines is 1. The van der Waals surface area contributed by atoms with Crippen LogP contribution in [0.1, 0.15) is 48.0 Å². The monoisotopic (exact) mass is 413 g/mol. The number of nitrogens with two attached hydrogens (primary N) is 1. The molecule has 0 aliphatic carbocycles. The molecule has 2 aromatic carbocycles. The van der Waals surface area contributed by atoms with Crippen LogP contribution >= 0.6 is 15.9 Å². The molecular weight excluding hydrogens is 390 g/mol. The molecular formula is C21H24BrN3O. The van der Waals surface area contributed by atoms with Gasteiger partial charge in [-0.05, 0) is 60.3 Å². The first-order chi connectivity index (χ1) is 12.5. The van der Waals surface area contributed by atoms with Crippen molar-refractivity contribution in [1.82, 2.24) is 9.80 Å². The third-order valence-corrected chi connectivity index (χ3v) is 7.48. The molecule has 4 nitrogen and oxygen atoms in total. The Morgan fingerprint density at radius 2 is 1.88 bits per heavy atom. The lowest BCUT2D eigenvalue weighted by Crippen LogP contribution is -2.56. The highest BCUT2D eigenvalue weighted by Gasteiger charge is 2.41. The second-order valence-corrected chi connectivity index (χ2v) is 8.98. The quantitative estimate of drug-likeness (QED) is 0.714. The third-order valence-electron chi connectivity index (χ3n) is 6.83. The summed E-state index contributed by atoms with van der Waals surface area (Å²) in [5.41, 5.74) is 9.00. The molecule has 3 aliphatic rings. The predicted molar refractivity (Wildman–Crippen MR) is 108 cm³/mol. The molecule has 0 spiro atoms. The Hall–Kier alpha value is -1.59. The molecule has 26 heavy (non-hydrogen) atoms. The standard InChI is InChI=1S/C21H24BrN3O/c1-24-13-5-3-6-14(24)9-15(8-13)25-11-12-4-2-7-16-19(12)17(21(25)26)10-18(22)20(16)23/h2,4,7,10,13-15H,3,5-6,8-9,11,23H2,1H3/t13-,14+,15+. The summed E-state index contributed by atoms with van der Waals surface area (Å²) >= 11 is 3.54. The maximum atomic E-state index is 13.4. The molecule has 2 aromatic rings. The molecule has 2 saturated heterocycles. The normalized spacial score (nSPS) is 28.6. The van der Waals surface area contributed by atoms with Crippen LogP contribution in [0.4, 0.5) is 5.69 Å². The zero-order chi connectivity index (χ0) is 18.0. The average Bonchev–Trinajstić information content (AvgIpc) is 2.61. The molecule has 2 fully saturated rings. The van der Waals surface area contributed by atoms with Crippen molar-refractivity contribution in [1.29, 1.82) is 0 Å². The van der Waals surface area contributed by atoms with Crippen LogP contribution in [0.25, 0.3) is 10.8 Å². The highest BCUT2D eigenvalue weighted by atomic mass is 79.9. The minimum absolute atomic E-state index is 0.169. The van der Waals surface area contributed by atoms with Gasteiger partial charge in [-0.1, -0.05) is 24.6 Å². The van der Waals surface area contributed by atoms with E-state index in [1.807, 2.05) is 12.1 Å². The second kappa shape index (κ2) is 5.96. The SMILES string of the molecule is CN1[C@@H]2CCC[C@H]1C[C@@H](N1Cc3cccc4c(N)c(Br)cc(c34)C1=O)C2. The van der Waals surface area contributed by atoms with Crippen molar-refractivity contribution in [3.8, 4) is 0 Å². The number of rotatable bonds is 1. The summed E-state index contributed by atoms with van der Waals surface area (Å²) in [6.45, 7) is 0.706. The van der Waals surface area contributed by atoms with E-state index in [9.17, 15) is 4.79 Å². The van der Waals surface area contributed by atoms with Gasteiger partial charge in [-0.15, -0.1) is 0 Å². The van der Waals surface area contributed by atoms with E-state index in [1.54, 1.807) is 0 Å². The molecule has 0 unspecified atom stereocenters.